The number of nitrogens with zero attached hydrogens (tertiary/aromatic N) is 4. The van der Waals surface area contributed by atoms with Crippen molar-refractivity contribution >= 4 is 87.6 Å². The lowest BCUT2D eigenvalue weighted by atomic mass is 10.0. The number of aromatic hydroxyl groups is 1. The Balaban J connectivity index is 0.00000205. The molecule has 0 unspecified atom stereocenters. The van der Waals surface area contributed by atoms with Crippen LogP contribution in [0, 0.1) is 0 Å². The van der Waals surface area contributed by atoms with E-state index < -0.39 is 30.0 Å². The van der Waals surface area contributed by atoms with E-state index in [-0.39, 0.29) is 75.0 Å². The molecule has 0 radical (unpaired) electrons. The van der Waals surface area contributed by atoms with Gasteiger partial charge in [-0.3, -0.25) is 0 Å². The molecule has 1 aliphatic rings. The molecule has 0 atom stereocenters. The number of aromatic nitrogens is 3. The van der Waals surface area contributed by atoms with Crippen LogP contribution in [0.25, 0.3) is 11.0 Å². The lowest BCUT2D eigenvalue weighted by molar-refractivity contribution is 0.221. The second kappa shape index (κ2) is 14.7. The minimum atomic E-state index is -3.87. The number of hydrogen-bond donors (Lipinski definition) is 2. The minimum absolute atomic E-state index is 0. The highest BCUT2D eigenvalue weighted by Crippen LogP contribution is 2.27. The number of rotatable bonds is 9. The monoisotopic (exact) mass is 813 g/mol. The first kappa shape index (κ1) is 36.2. The van der Waals surface area contributed by atoms with Crippen molar-refractivity contribution in [2.75, 3.05) is 37.5 Å². The third-order valence-electron chi connectivity index (χ3n) is 6.83. The van der Waals surface area contributed by atoms with Crippen molar-refractivity contribution in [1.82, 2.24) is 19.4 Å². The van der Waals surface area contributed by atoms with Crippen molar-refractivity contribution in [2.24, 2.45) is 0 Å². The minimum Gasteiger partial charge on any atom is -0.508 e. The number of imidazole rings is 1. The molecule has 2 N–H and O–H groups in total. The fraction of sp³-hybridized carbons (Fsp3) is 0.385. The van der Waals surface area contributed by atoms with Gasteiger partial charge >= 0.3 is 5.22 Å². The summed E-state index contributed by atoms with van der Waals surface area (Å²) < 4.78 is 55.9. The molecule has 42 heavy (non-hydrogen) atoms. The van der Waals surface area contributed by atoms with Crippen molar-refractivity contribution in [3.8, 4) is 5.75 Å². The molecule has 2 aromatic heterocycles. The van der Waals surface area contributed by atoms with Crippen LogP contribution in [-0.2, 0) is 32.6 Å². The molecular weight excluding hydrogens is 782 g/mol. The van der Waals surface area contributed by atoms with E-state index in [1.165, 1.54) is 5.56 Å². The molecule has 0 bridgehead atoms. The second-order valence-corrected chi connectivity index (χ2v) is 13.8. The number of halogens is 3. The summed E-state index contributed by atoms with van der Waals surface area (Å²) in [5.74, 6) is 0.825. The first-order valence-corrected chi connectivity index (χ1v) is 16.4. The van der Waals surface area contributed by atoms with E-state index in [2.05, 4.69) is 15.2 Å². The Bertz CT molecular complexity index is 1700. The number of likely N-dealkylation sites (tertiary alicyclic amines) is 1. The molecule has 1 fully saturated rings. The normalized spacial score (nSPS) is 14.5. The highest BCUT2D eigenvalue weighted by Gasteiger charge is 2.28. The molecule has 5 rings (SSSR count). The number of nitrogens with one attached hydrogen (secondary N) is 1. The maximum Gasteiger partial charge on any atom is 0.316 e. The molecule has 0 amide bonds. The van der Waals surface area contributed by atoms with Crippen LogP contribution in [0.1, 0.15) is 24.1 Å². The van der Waals surface area contributed by atoms with Gasteiger partial charge in [0, 0.05) is 38.2 Å². The predicted molar refractivity (Wildman–Crippen MR) is 177 cm³/mol. The van der Waals surface area contributed by atoms with Gasteiger partial charge in [0.2, 0.25) is 30.7 Å². The van der Waals surface area contributed by atoms with E-state index >= 15 is 0 Å². The summed E-state index contributed by atoms with van der Waals surface area (Å²) in [4.78, 5) is 11.2. The van der Waals surface area contributed by atoms with E-state index in [0.717, 1.165) is 62.4 Å². The Morgan fingerprint density at radius 3 is 2.19 bits per heavy atom. The number of phenols is 1. The Hall–Kier alpha value is -1.98. The van der Waals surface area contributed by atoms with Gasteiger partial charge in [-0.25, -0.2) is 26.8 Å². The molecule has 2 aromatic carbocycles. The third kappa shape index (κ3) is 8.56. The lowest BCUT2D eigenvalue weighted by Crippen LogP contribution is -2.40. The Labute approximate surface area is 276 Å². The van der Waals surface area contributed by atoms with Gasteiger partial charge in [0.15, 0.2) is 0 Å². The molecule has 4 aromatic rings. The second-order valence-electron chi connectivity index (χ2n) is 9.95. The SMILES string of the molecule is Br.Br.Br.CS(=O)(=O)c1nc(Cn2c(NC3CCN(CCc4ccc(O)cc4)CC3)nc3ccccc32)c(S(C)(=O)=O)o1. The number of anilines is 1. The summed E-state index contributed by atoms with van der Waals surface area (Å²) in [5.41, 5.74) is 2.67. The van der Waals surface area contributed by atoms with Gasteiger partial charge < -0.3 is 24.3 Å². The zero-order valence-corrected chi connectivity index (χ0v) is 29.7. The van der Waals surface area contributed by atoms with Gasteiger partial charge in [0.1, 0.15) is 11.4 Å². The summed E-state index contributed by atoms with van der Waals surface area (Å²) in [6.45, 7) is 2.72. The molecule has 3 heterocycles. The molecular formula is C26H34Br3N5O6S2. The molecule has 11 nitrogen and oxygen atoms in total. The first-order chi connectivity index (χ1) is 18.5. The average molecular weight is 816 g/mol. The van der Waals surface area contributed by atoms with Crippen LogP contribution in [0.4, 0.5) is 5.95 Å². The predicted octanol–water partition coefficient (Wildman–Crippen LogP) is 4.44. The topological polar surface area (TPSA) is 148 Å². The maximum atomic E-state index is 12.4. The number of hydrogen-bond acceptors (Lipinski definition) is 10. The van der Waals surface area contributed by atoms with Crippen molar-refractivity contribution in [3.05, 3.63) is 59.8 Å². The van der Waals surface area contributed by atoms with Crippen LogP contribution in [0.2, 0.25) is 0 Å². The summed E-state index contributed by atoms with van der Waals surface area (Å²) in [6, 6.07) is 14.9. The average Bonchev–Trinajstić information content (AvgIpc) is 3.47. The fourth-order valence-electron chi connectivity index (χ4n) is 4.79. The van der Waals surface area contributed by atoms with E-state index in [1.54, 1.807) is 12.1 Å². The van der Waals surface area contributed by atoms with E-state index in [0.29, 0.717) is 5.95 Å². The summed E-state index contributed by atoms with van der Waals surface area (Å²) in [7, 11) is -7.72. The van der Waals surface area contributed by atoms with Crippen molar-refractivity contribution in [3.63, 3.8) is 0 Å². The van der Waals surface area contributed by atoms with Crippen LogP contribution in [0.15, 0.2) is 63.3 Å². The van der Waals surface area contributed by atoms with Crippen LogP contribution in [-0.4, -0.2) is 79.6 Å². The van der Waals surface area contributed by atoms with Crippen LogP contribution in [0.5, 0.6) is 5.75 Å². The molecule has 232 valence electrons. The number of phenolic OH excluding ortho intramolecular Hbond substituents is 1. The smallest absolute Gasteiger partial charge is 0.316 e. The van der Waals surface area contributed by atoms with Crippen LogP contribution >= 0.6 is 50.9 Å². The summed E-state index contributed by atoms with van der Waals surface area (Å²) >= 11 is 0. The molecule has 0 spiro atoms. The number of para-hydroxylation sites is 2. The lowest BCUT2D eigenvalue weighted by Gasteiger charge is -2.32. The van der Waals surface area contributed by atoms with Crippen LogP contribution in [0.3, 0.4) is 0 Å². The zero-order valence-electron chi connectivity index (χ0n) is 23.0. The Morgan fingerprint density at radius 2 is 1.57 bits per heavy atom. The summed E-state index contributed by atoms with van der Waals surface area (Å²) in [5, 5.41) is 11.9. The Morgan fingerprint density at radius 1 is 0.929 bits per heavy atom. The number of oxazole rings is 1. The van der Waals surface area contributed by atoms with Crippen molar-refractivity contribution < 1.29 is 26.4 Å². The number of sulfone groups is 2. The van der Waals surface area contributed by atoms with Gasteiger partial charge in [0.05, 0.1) is 17.6 Å². The molecule has 0 saturated carbocycles. The van der Waals surface area contributed by atoms with Crippen LogP contribution < -0.4 is 5.32 Å². The van der Waals surface area contributed by atoms with E-state index in [9.17, 15) is 21.9 Å². The van der Waals surface area contributed by atoms with Gasteiger partial charge in [0.25, 0.3) is 0 Å². The van der Waals surface area contributed by atoms with Crippen molar-refractivity contribution in [1.29, 1.82) is 0 Å². The third-order valence-corrected chi connectivity index (χ3v) is 8.63. The maximum absolute atomic E-state index is 12.4. The number of fused-ring (bicyclic) bond motifs is 1. The number of piperidine rings is 1. The van der Waals surface area contributed by atoms with Crippen molar-refractivity contribution in [2.45, 2.75) is 42.2 Å². The molecule has 16 heteroatoms. The highest BCUT2D eigenvalue weighted by molar-refractivity contribution is 8.93. The molecule has 0 aliphatic carbocycles. The van der Waals surface area contributed by atoms with E-state index in [1.807, 2.05) is 41.0 Å². The quantitative estimate of drug-likeness (QED) is 0.249. The standard InChI is InChI=1S/C26H31N5O6S2.3BrH/c1-38(33,34)24-22(29-26(37-24)39(2,35)36)17-31-23-6-4-3-5-21(23)28-25(31)27-19-12-15-30(16-13-19)14-11-18-7-9-20(32)10-8-18;;;/h3-10,19,32H,11-17H2,1-2H3,(H,27,28);3*1H. The molecule has 1 saturated heterocycles. The fourth-order valence-corrected chi connectivity index (χ4v) is 6.13. The first-order valence-electron chi connectivity index (χ1n) is 12.6. The largest absolute Gasteiger partial charge is 0.508 e. The number of benzene rings is 2. The van der Waals surface area contributed by atoms with Gasteiger partial charge in [-0.1, -0.05) is 24.3 Å². The van der Waals surface area contributed by atoms with E-state index in [4.69, 9.17) is 9.40 Å². The van der Waals surface area contributed by atoms with Gasteiger partial charge in [-0.15, -0.1) is 50.9 Å². The Kier molecular flexibility index (Phi) is 12.6. The summed E-state index contributed by atoms with van der Waals surface area (Å²) in [6.07, 6.45) is 4.59. The highest BCUT2D eigenvalue weighted by atomic mass is 79.9. The zero-order chi connectivity index (χ0) is 27.8. The molecule has 1 aliphatic heterocycles. The van der Waals surface area contributed by atoms with Gasteiger partial charge in [-0.2, -0.15) is 0 Å². The van der Waals surface area contributed by atoms with Gasteiger partial charge in [-0.05, 0) is 49.1 Å².